The largest absolute Gasteiger partial charge is 0.454 e. The average Bonchev–Trinajstić information content (AvgIpc) is 3.21. The summed E-state index contributed by atoms with van der Waals surface area (Å²) in [6.07, 6.45) is 6.75. The van der Waals surface area contributed by atoms with Crippen molar-refractivity contribution in [1.29, 1.82) is 5.26 Å². The molecule has 1 aliphatic rings. The van der Waals surface area contributed by atoms with E-state index in [1.54, 1.807) is 6.20 Å². The van der Waals surface area contributed by atoms with Crippen LogP contribution < -0.4 is 0 Å². The summed E-state index contributed by atoms with van der Waals surface area (Å²) in [4.78, 5) is 4.46. The highest BCUT2D eigenvalue weighted by molar-refractivity contribution is 5.89. The minimum atomic E-state index is 0.534. The summed E-state index contributed by atoms with van der Waals surface area (Å²) >= 11 is 0. The average molecular weight is 288 g/mol. The summed E-state index contributed by atoms with van der Waals surface area (Å²) in [5.74, 6) is 1.41. The second-order valence-corrected chi connectivity index (χ2v) is 5.86. The molecule has 3 heteroatoms. The third-order valence-electron chi connectivity index (χ3n) is 4.52. The lowest BCUT2D eigenvalue weighted by Crippen LogP contribution is -1.94. The Balaban J connectivity index is 1.97. The van der Waals surface area contributed by atoms with E-state index < -0.39 is 0 Å². The van der Waals surface area contributed by atoms with Crippen molar-refractivity contribution >= 4 is 11.0 Å². The SMILES string of the molecule is N#Cc1ccc2c(C3CCCC3)c(-c3ccccn3)oc2c1. The van der Waals surface area contributed by atoms with E-state index in [1.807, 2.05) is 36.4 Å². The summed E-state index contributed by atoms with van der Waals surface area (Å²) < 4.78 is 6.13. The molecule has 0 atom stereocenters. The molecule has 1 fully saturated rings. The van der Waals surface area contributed by atoms with Crippen molar-refractivity contribution in [2.24, 2.45) is 0 Å². The molecule has 0 bridgehead atoms. The normalized spacial score (nSPS) is 15.2. The fourth-order valence-corrected chi connectivity index (χ4v) is 3.49. The summed E-state index contributed by atoms with van der Waals surface area (Å²) in [6, 6.07) is 13.8. The number of nitriles is 1. The van der Waals surface area contributed by atoms with Crippen LogP contribution in [0.4, 0.5) is 0 Å². The molecule has 1 aromatic carbocycles. The van der Waals surface area contributed by atoms with E-state index in [1.165, 1.54) is 31.2 Å². The van der Waals surface area contributed by atoms with E-state index in [0.717, 1.165) is 22.4 Å². The van der Waals surface area contributed by atoms with Crippen LogP contribution in [-0.4, -0.2) is 4.98 Å². The minimum absolute atomic E-state index is 0.534. The first-order chi connectivity index (χ1) is 10.9. The highest BCUT2D eigenvalue weighted by Crippen LogP contribution is 2.44. The van der Waals surface area contributed by atoms with Crippen LogP contribution >= 0.6 is 0 Å². The van der Waals surface area contributed by atoms with Gasteiger partial charge in [-0.2, -0.15) is 5.26 Å². The Labute approximate surface area is 129 Å². The number of nitrogens with zero attached hydrogens (tertiary/aromatic N) is 2. The van der Waals surface area contributed by atoms with Crippen molar-refractivity contribution in [2.45, 2.75) is 31.6 Å². The Kier molecular flexibility index (Phi) is 3.16. The molecular weight excluding hydrogens is 272 g/mol. The van der Waals surface area contributed by atoms with Crippen molar-refractivity contribution in [1.82, 2.24) is 4.98 Å². The molecule has 3 nitrogen and oxygen atoms in total. The van der Waals surface area contributed by atoms with Crippen LogP contribution in [0.3, 0.4) is 0 Å². The molecule has 22 heavy (non-hydrogen) atoms. The fourth-order valence-electron chi connectivity index (χ4n) is 3.49. The zero-order valence-corrected chi connectivity index (χ0v) is 12.2. The van der Waals surface area contributed by atoms with Gasteiger partial charge in [-0.1, -0.05) is 18.9 Å². The summed E-state index contributed by atoms with van der Waals surface area (Å²) in [5.41, 5.74) is 3.57. The zero-order valence-electron chi connectivity index (χ0n) is 12.2. The molecule has 108 valence electrons. The van der Waals surface area contributed by atoms with Crippen molar-refractivity contribution in [3.63, 3.8) is 0 Å². The van der Waals surface area contributed by atoms with Crippen molar-refractivity contribution in [2.75, 3.05) is 0 Å². The van der Waals surface area contributed by atoms with Gasteiger partial charge in [0, 0.05) is 17.1 Å². The Morgan fingerprint density at radius 2 is 2.00 bits per heavy atom. The molecule has 3 aromatic rings. The van der Waals surface area contributed by atoms with Crippen LogP contribution in [-0.2, 0) is 0 Å². The molecule has 1 aliphatic carbocycles. The number of hydrogen-bond acceptors (Lipinski definition) is 3. The molecule has 1 saturated carbocycles. The second kappa shape index (κ2) is 5.31. The van der Waals surface area contributed by atoms with Gasteiger partial charge in [-0.15, -0.1) is 0 Å². The lowest BCUT2D eigenvalue weighted by atomic mass is 9.93. The lowest BCUT2D eigenvalue weighted by Gasteiger charge is -2.09. The number of furan rings is 1. The zero-order chi connectivity index (χ0) is 14.9. The molecule has 0 amide bonds. The molecule has 2 heterocycles. The Morgan fingerprint density at radius 3 is 2.73 bits per heavy atom. The maximum atomic E-state index is 9.10. The molecular formula is C19H16N2O. The maximum absolute atomic E-state index is 9.10. The standard InChI is InChI=1S/C19H16N2O/c20-12-13-8-9-15-17(11-13)22-19(16-7-3-4-10-21-16)18(15)14-5-1-2-6-14/h3-4,7-11,14H,1-2,5-6H2. The van der Waals surface area contributed by atoms with Gasteiger partial charge >= 0.3 is 0 Å². The van der Waals surface area contributed by atoms with Crippen LogP contribution in [0.15, 0.2) is 47.0 Å². The maximum Gasteiger partial charge on any atom is 0.157 e. The van der Waals surface area contributed by atoms with E-state index in [0.29, 0.717) is 11.5 Å². The highest BCUT2D eigenvalue weighted by atomic mass is 16.3. The molecule has 0 radical (unpaired) electrons. The molecule has 0 unspecified atom stereocenters. The van der Waals surface area contributed by atoms with E-state index in [2.05, 4.69) is 11.1 Å². The van der Waals surface area contributed by atoms with E-state index in [4.69, 9.17) is 9.68 Å². The number of pyridine rings is 1. The van der Waals surface area contributed by atoms with Crippen molar-refractivity contribution in [3.8, 4) is 17.5 Å². The summed E-state index contributed by atoms with van der Waals surface area (Å²) in [5, 5.41) is 10.2. The molecule has 0 N–H and O–H groups in total. The molecule has 0 aliphatic heterocycles. The van der Waals surface area contributed by atoms with Crippen LogP contribution in [0.1, 0.15) is 42.7 Å². The quantitative estimate of drug-likeness (QED) is 0.665. The van der Waals surface area contributed by atoms with Crippen LogP contribution in [0.2, 0.25) is 0 Å². The topological polar surface area (TPSA) is 49.8 Å². The number of rotatable bonds is 2. The Bertz CT molecular complexity index is 852. The van der Waals surface area contributed by atoms with E-state index in [-0.39, 0.29) is 0 Å². The molecule has 0 spiro atoms. The van der Waals surface area contributed by atoms with Gasteiger partial charge in [-0.05, 0) is 49.1 Å². The molecule has 4 rings (SSSR count). The Morgan fingerprint density at radius 1 is 1.14 bits per heavy atom. The number of fused-ring (bicyclic) bond motifs is 1. The van der Waals surface area contributed by atoms with Crippen molar-refractivity contribution < 1.29 is 4.42 Å². The van der Waals surface area contributed by atoms with Crippen LogP contribution in [0, 0.1) is 11.3 Å². The van der Waals surface area contributed by atoms with Gasteiger partial charge in [0.15, 0.2) is 5.76 Å². The fraction of sp³-hybridized carbons (Fsp3) is 0.263. The van der Waals surface area contributed by atoms with Gasteiger partial charge in [0.1, 0.15) is 11.3 Å². The van der Waals surface area contributed by atoms with Gasteiger partial charge in [0.25, 0.3) is 0 Å². The lowest BCUT2D eigenvalue weighted by molar-refractivity contribution is 0.612. The molecule has 2 aromatic heterocycles. The van der Waals surface area contributed by atoms with E-state index in [9.17, 15) is 0 Å². The number of aromatic nitrogens is 1. The first-order valence-corrected chi connectivity index (χ1v) is 7.75. The highest BCUT2D eigenvalue weighted by Gasteiger charge is 2.26. The smallest absolute Gasteiger partial charge is 0.157 e. The third-order valence-corrected chi connectivity index (χ3v) is 4.52. The summed E-state index contributed by atoms with van der Waals surface area (Å²) in [7, 11) is 0. The summed E-state index contributed by atoms with van der Waals surface area (Å²) in [6.45, 7) is 0. The first-order valence-electron chi connectivity index (χ1n) is 7.75. The monoisotopic (exact) mass is 288 g/mol. The predicted octanol–water partition coefficient (Wildman–Crippen LogP) is 5.02. The van der Waals surface area contributed by atoms with Crippen molar-refractivity contribution in [3.05, 3.63) is 53.7 Å². The van der Waals surface area contributed by atoms with Gasteiger partial charge in [0.05, 0.1) is 11.6 Å². The van der Waals surface area contributed by atoms with Gasteiger partial charge in [-0.3, -0.25) is 4.98 Å². The first kappa shape index (κ1) is 13.1. The number of benzene rings is 1. The van der Waals surface area contributed by atoms with Gasteiger partial charge in [0.2, 0.25) is 0 Å². The third kappa shape index (κ3) is 2.08. The van der Waals surface area contributed by atoms with Gasteiger partial charge < -0.3 is 4.42 Å². The van der Waals surface area contributed by atoms with E-state index >= 15 is 0 Å². The Hall–Kier alpha value is -2.60. The minimum Gasteiger partial charge on any atom is -0.454 e. The van der Waals surface area contributed by atoms with Crippen LogP contribution in [0.25, 0.3) is 22.4 Å². The van der Waals surface area contributed by atoms with Crippen LogP contribution in [0.5, 0.6) is 0 Å². The second-order valence-electron chi connectivity index (χ2n) is 5.86. The predicted molar refractivity (Wildman–Crippen MR) is 85.4 cm³/mol. The number of hydrogen-bond donors (Lipinski definition) is 0. The van der Waals surface area contributed by atoms with Gasteiger partial charge in [-0.25, -0.2) is 0 Å². The molecule has 0 saturated heterocycles.